The van der Waals surface area contributed by atoms with E-state index in [0.717, 1.165) is 5.56 Å². The van der Waals surface area contributed by atoms with Crippen LogP contribution in [0.2, 0.25) is 0 Å². The molecule has 0 spiro atoms. The zero-order valence-corrected chi connectivity index (χ0v) is 13.0. The topological polar surface area (TPSA) is 69.6 Å². The molecule has 1 aromatic rings. The first-order valence-electron chi connectivity index (χ1n) is 7.87. The molecule has 5 heteroatoms. The molecule has 2 N–H and O–H groups in total. The number of carbonyl (C=O) groups excluding carboxylic acids is 2. The van der Waals surface area contributed by atoms with E-state index in [0.29, 0.717) is 32.5 Å². The summed E-state index contributed by atoms with van der Waals surface area (Å²) in [5, 5.41) is 12.7. The van der Waals surface area contributed by atoms with Gasteiger partial charge >= 0.3 is 0 Å². The number of hydrogen-bond acceptors (Lipinski definition) is 3. The Hall–Kier alpha value is -1.88. The van der Waals surface area contributed by atoms with Crippen molar-refractivity contribution in [3.8, 4) is 0 Å². The third kappa shape index (κ3) is 4.56. The van der Waals surface area contributed by atoms with E-state index < -0.39 is 6.10 Å². The molecule has 1 fully saturated rings. The Morgan fingerprint density at radius 2 is 2.14 bits per heavy atom. The number of hydrogen-bond donors (Lipinski definition) is 2. The highest BCUT2D eigenvalue weighted by atomic mass is 16.3. The van der Waals surface area contributed by atoms with Crippen molar-refractivity contribution in [1.82, 2.24) is 10.2 Å². The van der Waals surface area contributed by atoms with Gasteiger partial charge in [0.05, 0.1) is 6.10 Å². The fraction of sp³-hybridized carbons (Fsp3) is 0.529. The molecule has 2 unspecified atom stereocenters. The Morgan fingerprint density at radius 3 is 2.77 bits per heavy atom. The van der Waals surface area contributed by atoms with Crippen molar-refractivity contribution >= 4 is 11.8 Å². The van der Waals surface area contributed by atoms with Crippen LogP contribution in [0.5, 0.6) is 0 Å². The lowest BCUT2D eigenvalue weighted by Crippen LogP contribution is -2.45. The number of nitrogens with zero attached hydrogens (tertiary/aromatic N) is 1. The van der Waals surface area contributed by atoms with E-state index in [9.17, 15) is 14.7 Å². The number of aliphatic hydroxyl groups is 1. The van der Waals surface area contributed by atoms with Crippen molar-refractivity contribution < 1.29 is 14.7 Å². The average molecular weight is 304 g/mol. The van der Waals surface area contributed by atoms with E-state index in [1.54, 1.807) is 4.90 Å². The molecule has 2 amide bonds. The Bertz CT molecular complexity index is 504. The Labute approximate surface area is 131 Å². The van der Waals surface area contributed by atoms with E-state index in [2.05, 4.69) is 5.32 Å². The third-order valence-corrected chi connectivity index (χ3v) is 4.03. The first-order chi connectivity index (χ1) is 10.6. The Balaban J connectivity index is 2.08. The SMILES string of the molecule is CCC(O)CN(Cc1ccccc1)C(=O)C1CCNC(=O)C1. The Kier molecular flexibility index (Phi) is 5.95. The maximum atomic E-state index is 12.7. The highest BCUT2D eigenvalue weighted by Gasteiger charge is 2.30. The summed E-state index contributed by atoms with van der Waals surface area (Å²) in [7, 11) is 0. The van der Waals surface area contributed by atoms with Crippen LogP contribution in [0.25, 0.3) is 0 Å². The molecule has 0 saturated carbocycles. The minimum absolute atomic E-state index is 0.0359. The number of aliphatic hydroxyl groups excluding tert-OH is 1. The van der Waals surface area contributed by atoms with Crippen LogP contribution in [0.4, 0.5) is 0 Å². The van der Waals surface area contributed by atoms with Gasteiger partial charge in [-0.2, -0.15) is 0 Å². The molecule has 0 aliphatic carbocycles. The Morgan fingerprint density at radius 1 is 1.41 bits per heavy atom. The zero-order valence-electron chi connectivity index (χ0n) is 13.0. The molecule has 2 atom stereocenters. The van der Waals surface area contributed by atoms with Crippen LogP contribution in [-0.4, -0.2) is 41.0 Å². The van der Waals surface area contributed by atoms with Crippen LogP contribution in [-0.2, 0) is 16.1 Å². The van der Waals surface area contributed by atoms with Crippen molar-refractivity contribution in [2.45, 2.75) is 38.8 Å². The summed E-state index contributed by atoms with van der Waals surface area (Å²) in [5.74, 6) is -0.381. The largest absolute Gasteiger partial charge is 0.391 e. The monoisotopic (exact) mass is 304 g/mol. The second-order valence-electron chi connectivity index (χ2n) is 5.81. The van der Waals surface area contributed by atoms with Gasteiger partial charge in [0.2, 0.25) is 11.8 Å². The van der Waals surface area contributed by atoms with Gasteiger partial charge in [-0.05, 0) is 18.4 Å². The quantitative estimate of drug-likeness (QED) is 0.832. The molecule has 5 nitrogen and oxygen atoms in total. The molecule has 22 heavy (non-hydrogen) atoms. The fourth-order valence-corrected chi connectivity index (χ4v) is 2.67. The molecular weight excluding hydrogens is 280 g/mol. The molecule has 0 bridgehead atoms. The van der Waals surface area contributed by atoms with Gasteiger partial charge in [0.25, 0.3) is 0 Å². The third-order valence-electron chi connectivity index (χ3n) is 4.03. The second kappa shape index (κ2) is 7.94. The predicted molar refractivity (Wildman–Crippen MR) is 83.9 cm³/mol. The van der Waals surface area contributed by atoms with Crippen molar-refractivity contribution in [3.63, 3.8) is 0 Å². The highest BCUT2D eigenvalue weighted by Crippen LogP contribution is 2.18. The first kappa shape index (κ1) is 16.5. The summed E-state index contributed by atoms with van der Waals surface area (Å²) < 4.78 is 0. The van der Waals surface area contributed by atoms with Gasteiger partial charge < -0.3 is 15.3 Å². The van der Waals surface area contributed by atoms with Crippen LogP contribution in [0.15, 0.2) is 30.3 Å². The number of benzene rings is 1. The molecular formula is C17H24N2O3. The molecule has 120 valence electrons. The zero-order chi connectivity index (χ0) is 15.9. The lowest BCUT2D eigenvalue weighted by Gasteiger charge is -2.30. The maximum Gasteiger partial charge on any atom is 0.226 e. The summed E-state index contributed by atoms with van der Waals surface area (Å²) in [4.78, 5) is 25.9. The van der Waals surface area contributed by atoms with Crippen LogP contribution in [0, 0.1) is 5.92 Å². The van der Waals surface area contributed by atoms with Crippen molar-refractivity contribution in [2.24, 2.45) is 5.92 Å². The highest BCUT2D eigenvalue weighted by molar-refractivity contribution is 5.86. The van der Waals surface area contributed by atoms with E-state index in [1.807, 2.05) is 37.3 Å². The minimum atomic E-state index is -0.537. The minimum Gasteiger partial charge on any atom is -0.391 e. The van der Waals surface area contributed by atoms with E-state index in [1.165, 1.54) is 0 Å². The smallest absolute Gasteiger partial charge is 0.226 e. The summed E-state index contributed by atoms with van der Waals surface area (Å²) in [6.07, 6.45) is 0.971. The number of carbonyl (C=O) groups is 2. The molecule has 1 aliphatic heterocycles. The summed E-state index contributed by atoms with van der Waals surface area (Å²) in [6, 6.07) is 9.73. The molecule has 1 heterocycles. The first-order valence-corrected chi connectivity index (χ1v) is 7.87. The van der Waals surface area contributed by atoms with E-state index in [4.69, 9.17) is 0 Å². The number of nitrogens with one attached hydrogen (secondary N) is 1. The van der Waals surface area contributed by atoms with Gasteiger partial charge in [-0.1, -0.05) is 37.3 Å². The molecule has 1 saturated heterocycles. The maximum absolute atomic E-state index is 12.7. The fourth-order valence-electron chi connectivity index (χ4n) is 2.67. The molecule has 0 radical (unpaired) electrons. The number of amides is 2. The van der Waals surface area contributed by atoms with Gasteiger partial charge in [0.15, 0.2) is 0 Å². The standard InChI is InChI=1S/C17H24N2O3/c1-2-15(20)12-19(11-13-6-4-3-5-7-13)17(22)14-8-9-18-16(21)10-14/h3-7,14-15,20H,2,8-12H2,1H3,(H,18,21). The van der Waals surface area contributed by atoms with Gasteiger partial charge in [0.1, 0.15) is 0 Å². The summed E-state index contributed by atoms with van der Waals surface area (Å²) >= 11 is 0. The molecule has 1 aromatic carbocycles. The number of piperidine rings is 1. The summed E-state index contributed by atoms with van der Waals surface area (Å²) in [6.45, 7) is 3.21. The average Bonchev–Trinajstić information content (AvgIpc) is 2.54. The lowest BCUT2D eigenvalue weighted by atomic mass is 9.95. The predicted octanol–water partition coefficient (Wildman–Crippen LogP) is 1.31. The van der Waals surface area contributed by atoms with Crippen LogP contribution < -0.4 is 5.32 Å². The van der Waals surface area contributed by atoms with E-state index in [-0.39, 0.29) is 24.2 Å². The van der Waals surface area contributed by atoms with Gasteiger partial charge in [-0.3, -0.25) is 9.59 Å². The molecule has 2 rings (SSSR count). The molecule has 0 aromatic heterocycles. The van der Waals surface area contributed by atoms with Crippen LogP contribution >= 0.6 is 0 Å². The van der Waals surface area contributed by atoms with E-state index >= 15 is 0 Å². The van der Waals surface area contributed by atoms with Gasteiger partial charge in [-0.25, -0.2) is 0 Å². The normalized spacial score (nSPS) is 19.4. The second-order valence-corrected chi connectivity index (χ2v) is 5.81. The molecule has 1 aliphatic rings. The van der Waals surface area contributed by atoms with Gasteiger partial charge in [0, 0.05) is 32.0 Å². The van der Waals surface area contributed by atoms with Crippen molar-refractivity contribution in [2.75, 3.05) is 13.1 Å². The number of rotatable bonds is 6. The van der Waals surface area contributed by atoms with Crippen LogP contribution in [0.3, 0.4) is 0 Å². The van der Waals surface area contributed by atoms with Crippen LogP contribution in [0.1, 0.15) is 31.7 Å². The summed E-state index contributed by atoms with van der Waals surface area (Å²) in [5.41, 5.74) is 1.03. The van der Waals surface area contributed by atoms with Crippen molar-refractivity contribution in [1.29, 1.82) is 0 Å². The lowest BCUT2D eigenvalue weighted by molar-refractivity contribution is -0.141. The van der Waals surface area contributed by atoms with Gasteiger partial charge in [-0.15, -0.1) is 0 Å². The van der Waals surface area contributed by atoms with Crippen molar-refractivity contribution in [3.05, 3.63) is 35.9 Å².